The maximum Gasteiger partial charge on any atom is 0.333 e. The molecule has 0 aliphatic heterocycles. The largest absolute Gasteiger partial charge is 0.478 e. The Morgan fingerprint density at radius 1 is 0.895 bits per heavy atom. The molecule has 0 saturated heterocycles. The molecule has 108 valence electrons. The van der Waals surface area contributed by atoms with Crippen LogP contribution in [0.3, 0.4) is 0 Å². The quantitative estimate of drug-likeness (QED) is 0.682. The first-order valence-corrected chi connectivity index (χ1v) is 7.26. The molecule has 0 atom stereocenters. The number of carbonyl (C=O) groups is 1. The van der Waals surface area contributed by atoms with E-state index in [0.717, 1.165) is 6.08 Å². The number of rotatable bonds is 3. The molecule has 4 aliphatic carbocycles. The lowest BCUT2D eigenvalue weighted by atomic mass is 9.56. The Hall–Kier alpha value is -0.870. The molecular formula is C15H24O4. The molecule has 0 unspecified atom stereocenters. The normalized spacial score (nSPS) is 35.8. The summed E-state index contributed by atoms with van der Waals surface area (Å²) in [7, 11) is 0. The van der Waals surface area contributed by atoms with Crippen molar-refractivity contribution in [2.24, 2.45) is 23.7 Å². The van der Waals surface area contributed by atoms with Gasteiger partial charge in [0, 0.05) is 0 Å². The summed E-state index contributed by atoms with van der Waals surface area (Å²) in [4.78, 5) is 9.98. The molecule has 4 saturated carbocycles. The predicted molar refractivity (Wildman–Crippen MR) is 71.6 cm³/mol. The van der Waals surface area contributed by atoms with Gasteiger partial charge in [-0.15, -0.1) is 0 Å². The highest BCUT2D eigenvalue weighted by Crippen LogP contribution is 2.53. The van der Waals surface area contributed by atoms with Crippen molar-refractivity contribution >= 4 is 5.97 Å². The highest BCUT2D eigenvalue weighted by molar-refractivity contribution is 5.86. The van der Waals surface area contributed by atoms with Crippen molar-refractivity contribution in [3.63, 3.8) is 0 Å². The molecule has 0 radical (unpaired) electrons. The molecule has 4 fully saturated rings. The maximum absolute atomic E-state index is 9.98. The summed E-state index contributed by atoms with van der Waals surface area (Å²) in [5, 5.41) is 24.6. The van der Waals surface area contributed by atoms with Crippen LogP contribution in [0.5, 0.6) is 0 Å². The topological polar surface area (TPSA) is 77.8 Å². The lowest BCUT2D eigenvalue weighted by molar-refractivity contribution is -0.133. The molecule has 0 aromatic heterocycles. The molecule has 19 heavy (non-hydrogen) atoms. The summed E-state index contributed by atoms with van der Waals surface area (Å²) in [6, 6.07) is 0. The van der Waals surface area contributed by atoms with Gasteiger partial charge >= 0.3 is 5.97 Å². The summed E-state index contributed by atoms with van der Waals surface area (Å²) in [6.45, 7) is -0.905. The number of hydrogen-bond donors (Lipinski definition) is 3. The minimum absolute atomic E-state index is 0.183. The van der Waals surface area contributed by atoms with Crippen LogP contribution in [0.15, 0.2) is 11.6 Å². The Kier molecular flexibility index (Phi) is 4.99. The van der Waals surface area contributed by atoms with Crippen molar-refractivity contribution < 1.29 is 20.1 Å². The molecule has 4 heteroatoms. The van der Waals surface area contributed by atoms with E-state index < -0.39 is 12.6 Å². The van der Waals surface area contributed by atoms with Crippen LogP contribution in [0.4, 0.5) is 0 Å². The minimum atomic E-state index is -1.20. The molecule has 0 spiro atoms. The second-order valence-electron chi connectivity index (χ2n) is 6.25. The summed E-state index contributed by atoms with van der Waals surface area (Å²) < 4.78 is 0. The van der Waals surface area contributed by atoms with Crippen LogP contribution < -0.4 is 0 Å². The van der Waals surface area contributed by atoms with Crippen LogP contribution in [0.25, 0.3) is 0 Å². The Balaban J connectivity index is 0.000000142. The first-order valence-electron chi connectivity index (χ1n) is 7.26. The van der Waals surface area contributed by atoms with Gasteiger partial charge in [-0.1, -0.05) is 0 Å². The number of aliphatic carboxylic acids is 1. The van der Waals surface area contributed by atoms with E-state index in [0.29, 0.717) is 0 Å². The number of aliphatic hydroxyl groups excluding tert-OH is 2. The van der Waals surface area contributed by atoms with Gasteiger partial charge in [-0.2, -0.15) is 0 Å². The van der Waals surface area contributed by atoms with Crippen LogP contribution in [-0.4, -0.2) is 34.5 Å². The molecule has 4 aliphatic rings. The van der Waals surface area contributed by atoms with Gasteiger partial charge in [-0.05, 0) is 68.3 Å². The molecular weight excluding hydrogens is 244 g/mol. The van der Waals surface area contributed by atoms with Crippen LogP contribution >= 0.6 is 0 Å². The molecule has 4 nitrogen and oxygen atoms in total. The SMILES string of the molecule is C1C2CC3CC1CC(C2)C3.O=C(O)C(=CCO)CO. The highest BCUT2D eigenvalue weighted by Gasteiger charge is 2.41. The Morgan fingerprint density at radius 2 is 1.26 bits per heavy atom. The van der Waals surface area contributed by atoms with Crippen molar-refractivity contribution in [1.82, 2.24) is 0 Å². The average Bonchev–Trinajstić information content (AvgIpc) is 2.34. The minimum Gasteiger partial charge on any atom is -0.478 e. The second-order valence-corrected chi connectivity index (χ2v) is 6.25. The Labute approximate surface area is 114 Å². The summed E-state index contributed by atoms with van der Waals surface area (Å²) >= 11 is 0. The van der Waals surface area contributed by atoms with E-state index in [4.69, 9.17) is 15.3 Å². The van der Waals surface area contributed by atoms with Gasteiger partial charge in [0.1, 0.15) is 0 Å². The van der Waals surface area contributed by atoms with E-state index in [2.05, 4.69) is 0 Å². The summed E-state index contributed by atoms with van der Waals surface area (Å²) in [5.74, 6) is 3.51. The molecule has 3 N–H and O–H groups in total. The third-order valence-electron chi connectivity index (χ3n) is 4.78. The maximum atomic E-state index is 9.98. The predicted octanol–water partition coefficient (Wildman–Crippen LogP) is 1.81. The van der Waals surface area contributed by atoms with Crippen molar-refractivity contribution in [2.75, 3.05) is 13.2 Å². The molecule has 0 aromatic carbocycles. The average molecular weight is 268 g/mol. The lowest BCUT2D eigenvalue weighted by Crippen LogP contribution is -2.38. The summed E-state index contributed by atoms with van der Waals surface area (Å²) in [6.07, 6.45) is 10.7. The third-order valence-corrected chi connectivity index (χ3v) is 4.78. The number of carboxylic acids is 1. The van der Waals surface area contributed by atoms with Crippen molar-refractivity contribution in [2.45, 2.75) is 38.5 Å². The molecule has 0 amide bonds. The Bertz CT molecular complexity index is 292. The van der Waals surface area contributed by atoms with E-state index in [-0.39, 0.29) is 12.2 Å². The zero-order valence-corrected chi connectivity index (χ0v) is 11.3. The van der Waals surface area contributed by atoms with Gasteiger partial charge in [0.05, 0.1) is 18.8 Å². The number of hydrogen-bond acceptors (Lipinski definition) is 3. The van der Waals surface area contributed by atoms with Crippen molar-refractivity contribution in [1.29, 1.82) is 0 Å². The van der Waals surface area contributed by atoms with Crippen LogP contribution in [0, 0.1) is 23.7 Å². The fraction of sp³-hybridized carbons (Fsp3) is 0.800. The third kappa shape index (κ3) is 3.80. The molecule has 0 heterocycles. The fourth-order valence-corrected chi connectivity index (χ4v) is 4.31. The van der Waals surface area contributed by atoms with Gasteiger partial charge in [-0.3, -0.25) is 0 Å². The smallest absolute Gasteiger partial charge is 0.333 e. The van der Waals surface area contributed by atoms with Crippen LogP contribution in [0.2, 0.25) is 0 Å². The van der Waals surface area contributed by atoms with Crippen LogP contribution in [-0.2, 0) is 4.79 Å². The zero-order valence-electron chi connectivity index (χ0n) is 11.3. The second kappa shape index (κ2) is 6.53. The monoisotopic (exact) mass is 268 g/mol. The lowest BCUT2D eigenvalue weighted by Gasteiger charge is -2.49. The number of carboxylic acid groups (broad SMARTS) is 1. The van der Waals surface area contributed by atoms with E-state index >= 15 is 0 Å². The number of aliphatic hydroxyl groups is 2. The van der Waals surface area contributed by atoms with Crippen molar-refractivity contribution in [3.8, 4) is 0 Å². The van der Waals surface area contributed by atoms with Gasteiger partial charge in [-0.25, -0.2) is 4.79 Å². The molecule has 4 rings (SSSR count). The van der Waals surface area contributed by atoms with Gasteiger partial charge in [0.15, 0.2) is 0 Å². The van der Waals surface area contributed by atoms with E-state index in [1.165, 1.54) is 23.7 Å². The van der Waals surface area contributed by atoms with Gasteiger partial charge < -0.3 is 15.3 Å². The highest BCUT2D eigenvalue weighted by atomic mass is 16.4. The first-order chi connectivity index (χ1) is 9.12. The summed E-state index contributed by atoms with van der Waals surface area (Å²) in [5.41, 5.74) is -0.183. The van der Waals surface area contributed by atoms with E-state index in [1.807, 2.05) is 0 Å². The van der Waals surface area contributed by atoms with E-state index in [9.17, 15) is 4.79 Å². The van der Waals surface area contributed by atoms with E-state index in [1.54, 1.807) is 38.5 Å². The standard InChI is InChI=1S/C10H16.C5H8O4/c1-7-2-9-4-8(1)5-10(3-7)6-9;6-2-1-4(3-7)5(8)9/h7-10H,1-6H2;1,6-7H,2-3H2,(H,8,9). The molecule has 0 aromatic rings. The van der Waals surface area contributed by atoms with Gasteiger partial charge in [0.25, 0.3) is 0 Å². The fourth-order valence-electron chi connectivity index (χ4n) is 4.31. The zero-order chi connectivity index (χ0) is 13.8. The first kappa shape index (κ1) is 14.5. The van der Waals surface area contributed by atoms with Crippen molar-refractivity contribution in [3.05, 3.63) is 11.6 Å². The Morgan fingerprint density at radius 3 is 1.42 bits per heavy atom. The van der Waals surface area contributed by atoms with Crippen LogP contribution in [0.1, 0.15) is 38.5 Å². The van der Waals surface area contributed by atoms with Gasteiger partial charge in [0.2, 0.25) is 0 Å². The molecule has 4 bridgehead atoms.